The number of fused-ring (bicyclic) bond motifs is 1. The van der Waals surface area contributed by atoms with Gasteiger partial charge in [-0.15, -0.1) is 0 Å². The number of ether oxygens (including phenoxy) is 1. The molecular formula is C30H25N3O4. The van der Waals surface area contributed by atoms with Gasteiger partial charge in [-0.1, -0.05) is 48.5 Å². The molecule has 0 saturated carbocycles. The number of aromatic nitrogens is 1. The van der Waals surface area contributed by atoms with Gasteiger partial charge in [0.25, 0.3) is 5.91 Å². The molecule has 0 bridgehead atoms. The first-order valence-electron chi connectivity index (χ1n) is 11.9. The van der Waals surface area contributed by atoms with Crippen LogP contribution in [0.2, 0.25) is 0 Å². The Morgan fingerprint density at radius 2 is 1.59 bits per heavy atom. The molecule has 3 aromatic carbocycles. The Kier molecular flexibility index (Phi) is 7.22. The first-order chi connectivity index (χ1) is 18.1. The van der Waals surface area contributed by atoms with Gasteiger partial charge in [0, 0.05) is 23.8 Å². The maximum atomic E-state index is 12.5. The average Bonchev–Trinajstić information content (AvgIpc) is 3.38. The average molecular weight is 492 g/mol. The van der Waals surface area contributed by atoms with E-state index in [-0.39, 0.29) is 24.0 Å². The van der Waals surface area contributed by atoms with Crippen LogP contribution in [-0.4, -0.2) is 16.8 Å². The van der Waals surface area contributed by atoms with Crippen molar-refractivity contribution in [2.45, 2.75) is 19.6 Å². The highest BCUT2D eigenvalue weighted by Gasteiger charge is 2.12. The number of anilines is 1. The van der Waals surface area contributed by atoms with E-state index in [1.165, 1.54) is 0 Å². The molecule has 0 saturated heterocycles. The van der Waals surface area contributed by atoms with E-state index in [2.05, 4.69) is 15.6 Å². The van der Waals surface area contributed by atoms with Gasteiger partial charge < -0.3 is 19.8 Å². The van der Waals surface area contributed by atoms with E-state index in [9.17, 15) is 9.59 Å². The van der Waals surface area contributed by atoms with Crippen LogP contribution >= 0.6 is 0 Å². The Bertz CT molecular complexity index is 1460. The molecule has 0 spiro atoms. The molecule has 0 aliphatic rings. The zero-order valence-electron chi connectivity index (χ0n) is 20.0. The molecule has 0 unspecified atom stereocenters. The molecule has 0 atom stereocenters. The highest BCUT2D eigenvalue weighted by Crippen LogP contribution is 2.20. The largest absolute Gasteiger partial charge is 0.487 e. The van der Waals surface area contributed by atoms with Crippen molar-refractivity contribution in [3.8, 4) is 5.75 Å². The molecule has 0 radical (unpaired) electrons. The van der Waals surface area contributed by atoms with Crippen LogP contribution in [0.4, 0.5) is 5.69 Å². The number of hydrogen-bond donors (Lipinski definition) is 2. The van der Waals surface area contributed by atoms with Crippen molar-refractivity contribution in [1.82, 2.24) is 10.3 Å². The predicted molar refractivity (Wildman–Crippen MR) is 141 cm³/mol. The third-order valence-electron chi connectivity index (χ3n) is 5.75. The van der Waals surface area contributed by atoms with Crippen LogP contribution in [0.3, 0.4) is 0 Å². The van der Waals surface area contributed by atoms with E-state index in [1.54, 1.807) is 24.4 Å². The Hall–Kier alpha value is -4.91. The Labute approximate surface area is 214 Å². The lowest BCUT2D eigenvalue weighted by atomic mass is 10.1. The van der Waals surface area contributed by atoms with Gasteiger partial charge in [-0.3, -0.25) is 14.6 Å². The first-order valence-corrected chi connectivity index (χ1v) is 11.9. The molecule has 7 nitrogen and oxygen atoms in total. The summed E-state index contributed by atoms with van der Waals surface area (Å²) < 4.78 is 11.3. The van der Waals surface area contributed by atoms with Gasteiger partial charge in [0.15, 0.2) is 5.76 Å². The van der Waals surface area contributed by atoms with Crippen LogP contribution in [0.15, 0.2) is 108 Å². The minimum absolute atomic E-state index is 0.0884. The normalized spacial score (nSPS) is 10.7. The molecule has 7 heteroatoms. The second-order valence-corrected chi connectivity index (χ2v) is 8.51. The van der Waals surface area contributed by atoms with Crippen molar-refractivity contribution in [1.29, 1.82) is 0 Å². The molecule has 184 valence electrons. The van der Waals surface area contributed by atoms with Crippen molar-refractivity contribution in [2.24, 2.45) is 0 Å². The number of pyridine rings is 1. The Balaban J connectivity index is 1.07. The number of carbonyl (C=O) groups is 2. The lowest BCUT2D eigenvalue weighted by Gasteiger charge is -2.09. The summed E-state index contributed by atoms with van der Waals surface area (Å²) >= 11 is 0. The second-order valence-electron chi connectivity index (χ2n) is 8.51. The van der Waals surface area contributed by atoms with Gasteiger partial charge >= 0.3 is 0 Å². The van der Waals surface area contributed by atoms with Crippen molar-refractivity contribution in [3.05, 3.63) is 126 Å². The summed E-state index contributed by atoms with van der Waals surface area (Å²) in [4.78, 5) is 29.2. The number of furan rings is 1. The zero-order valence-corrected chi connectivity index (χ0v) is 20.0. The number of nitrogens with one attached hydrogen (secondary N) is 2. The fourth-order valence-electron chi connectivity index (χ4n) is 3.79. The number of benzene rings is 3. The van der Waals surface area contributed by atoms with E-state index in [0.29, 0.717) is 24.4 Å². The zero-order chi connectivity index (χ0) is 25.5. The number of nitrogens with zero attached hydrogens (tertiary/aromatic N) is 1. The van der Waals surface area contributed by atoms with Crippen molar-refractivity contribution in [3.63, 3.8) is 0 Å². The molecule has 0 aliphatic heterocycles. The highest BCUT2D eigenvalue weighted by molar-refractivity contribution is 6.04. The number of carbonyl (C=O) groups excluding carboxylic acids is 2. The summed E-state index contributed by atoms with van der Waals surface area (Å²) in [5, 5.41) is 6.63. The Morgan fingerprint density at radius 1 is 0.838 bits per heavy atom. The van der Waals surface area contributed by atoms with E-state index in [1.807, 2.05) is 78.9 Å². The molecule has 2 heterocycles. The summed E-state index contributed by atoms with van der Waals surface area (Å²) in [6.45, 7) is 0.824. The number of rotatable bonds is 9. The highest BCUT2D eigenvalue weighted by atomic mass is 16.5. The summed E-state index contributed by atoms with van der Waals surface area (Å²) in [7, 11) is 0. The fraction of sp³-hybridized carbons (Fsp3) is 0.100. The van der Waals surface area contributed by atoms with Crippen molar-refractivity contribution >= 4 is 28.5 Å². The third-order valence-corrected chi connectivity index (χ3v) is 5.75. The maximum Gasteiger partial charge on any atom is 0.291 e. The lowest BCUT2D eigenvalue weighted by molar-refractivity contribution is -0.120. The molecule has 2 N–H and O–H groups in total. The van der Waals surface area contributed by atoms with Crippen LogP contribution in [-0.2, 0) is 24.4 Å². The summed E-state index contributed by atoms with van der Waals surface area (Å²) in [6, 6.07) is 29.7. The molecule has 5 rings (SSSR count). The van der Waals surface area contributed by atoms with E-state index in [4.69, 9.17) is 9.15 Å². The summed E-state index contributed by atoms with van der Waals surface area (Å²) in [5.74, 6) is 0.579. The number of hydrogen-bond acceptors (Lipinski definition) is 5. The van der Waals surface area contributed by atoms with Crippen molar-refractivity contribution in [2.75, 3.05) is 5.32 Å². The summed E-state index contributed by atoms with van der Waals surface area (Å²) in [6.07, 6.45) is 1.98. The van der Waals surface area contributed by atoms with Gasteiger partial charge in [0.2, 0.25) is 5.91 Å². The van der Waals surface area contributed by atoms with Gasteiger partial charge in [0.1, 0.15) is 17.9 Å². The van der Waals surface area contributed by atoms with Gasteiger partial charge in [-0.05, 0) is 59.7 Å². The Morgan fingerprint density at radius 3 is 2.35 bits per heavy atom. The first kappa shape index (κ1) is 23.8. The molecule has 2 amide bonds. The second kappa shape index (κ2) is 11.2. The van der Waals surface area contributed by atoms with E-state index in [0.717, 1.165) is 28.0 Å². The smallest absolute Gasteiger partial charge is 0.291 e. The van der Waals surface area contributed by atoms with Crippen LogP contribution in [0.25, 0.3) is 11.0 Å². The quantitative estimate of drug-likeness (QED) is 0.283. The van der Waals surface area contributed by atoms with Gasteiger partial charge in [0.05, 0.1) is 12.1 Å². The third kappa shape index (κ3) is 6.41. The van der Waals surface area contributed by atoms with Crippen LogP contribution in [0.5, 0.6) is 5.75 Å². The lowest BCUT2D eigenvalue weighted by Crippen LogP contribution is -2.24. The molecule has 2 aromatic heterocycles. The van der Waals surface area contributed by atoms with Crippen LogP contribution < -0.4 is 15.4 Å². The number of para-hydroxylation sites is 1. The van der Waals surface area contributed by atoms with E-state index < -0.39 is 0 Å². The van der Waals surface area contributed by atoms with E-state index >= 15 is 0 Å². The fourth-order valence-corrected chi connectivity index (χ4v) is 3.79. The SMILES string of the molecule is O=C(Cc1ccc(NC(=O)c2cc3ccccc3o2)cc1)NCc1ccc(OCc2ccccn2)cc1. The minimum atomic E-state index is -0.324. The van der Waals surface area contributed by atoms with Crippen LogP contribution in [0.1, 0.15) is 27.4 Å². The maximum absolute atomic E-state index is 12.5. The molecular weight excluding hydrogens is 466 g/mol. The summed E-state index contributed by atoms with van der Waals surface area (Å²) in [5.41, 5.74) is 3.97. The monoisotopic (exact) mass is 491 g/mol. The molecule has 5 aromatic rings. The predicted octanol–water partition coefficient (Wildman–Crippen LogP) is 5.52. The molecule has 0 aliphatic carbocycles. The van der Waals surface area contributed by atoms with Crippen molar-refractivity contribution < 1.29 is 18.7 Å². The molecule has 37 heavy (non-hydrogen) atoms. The van der Waals surface area contributed by atoms with Gasteiger partial charge in [-0.25, -0.2) is 0 Å². The minimum Gasteiger partial charge on any atom is -0.487 e. The van der Waals surface area contributed by atoms with Crippen LogP contribution in [0, 0.1) is 0 Å². The topological polar surface area (TPSA) is 93.5 Å². The van der Waals surface area contributed by atoms with Gasteiger partial charge in [-0.2, -0.15) is 0 Å². The number of amides is 2. The standard InChI is InChI=1S/C30H25N3O4/c34-29(32-19-22-10-14-26(15-11-22)36-20-25-6-3-4-16-31-25)17-21-8-12-24(13-9-21)33-30(35)28-18-23-5-1-2-7-27(23)37-28/h1-16,18H,17,19-20H2,(H,32,34)(H,33,35). The molecule has 0 fully saturated rings.